The van der Waals surface area contributed by atoms with Gasteiger partial charge in [-0.3, -0.25) is 19.2 Å². The second kappa shape index (κ2) is 11.4. The molecule has 1 atom stereocenters. The number of carbonyl (C=O) groups excluding carboxylic acids is 1. The molecule has 37 heavy (non-hydrogen) atoms. The summed E-state index contributed by atoms with van der Waals surface area (Å²) in [7, 11) is -0.403. The van der Waals surface area contributed by atoms with Gasteiger partial charge in [-0.15, -0.1) is 0 Å². The molecule has 3 heterocycles. The first-order chi connectivity index (χ1) is 17.7. The van der Waals surface area contributed by atoms with Gasteiger partial charge < -0.3 is 4.74 Å². The molecule has 1 N–H and O–H groups in total. The number of carbonyl (C=O) groups is 1. The Morgan fingerprint density at radius 2 is 1.95 bits per heavy atom. The summed E-state index contributed by atoms with van der Waals surface area (Å²) in [5.41, 5.74) is 5.92. The zero-order chi connectivity index (χ0) is 26.6. The molecule has 1 aromatic carbocycles. The molecule has 1 unspecified atom stereocenters. The molecule has 4 rings (SSSR count). The summed E-state index contributed by atoms with van der Waals surface area (Å²) in [6.07, 6.45) is 12.7. The predicted octanol–water partition coefficient (Wildman–Crippen LogP) is 4.24. The lowest BCUT2D eigenvalue weighted by Gasteiger charge is -2.27. The Hall–Kier alpha value is -3.34. The van der Waals surface area contributed by atoms with Crippen molar-refractivity contribution in [1.29, 1.82) is 0 Å². The Labute approximate surface area is 218 Å². The fraction of sp³-hybridized carbons (Fsp3) is 0.370. The molecule has 0 saturated carbocycles. The molecule has 1 saturated heterocycles. The lowest BCUT2D eigenvalue weighted by molar-refractivity contribution is 0.00865. The first-order valence-electron chi connectivity index (χ1n) is 12.3. The minimum atomic E-state index is -3.80. The number of nitrogens with zero attached hydrogens (tertiary/aromatic N) is 4. The van der Waals surface area contributed by atoms with Gasteiger partial charge in [-0.25, -0.2) is 0 Å². The Morgan fingerprint density at radius 3 is 2.59 bits per heavy atom. The van der Waals surface area contributed by atoms with Gasteiger partial charge in [0.1, 0.15) is 0 Å². The van der Waals surface area contributed by atoms with Crippen LogP contribution in [0.4, 0.5) is 5.69 Å². The molecule has 0 spiro atoms. The van der Waals surface area contributed by atoms with E-state index in [1.165, 1.54) is 11.4 Å². The number of hydrogen-bond donors (Lipinski definition) is 1. The fourth-order valence-electron chi connectivity index (χ4n) is 4.42. The van der Waals surface area contributed by atoms with Gasteiger partial charge in [0.05, 0.1) is 23.7 Å². The van der Waals surface area contributed by atoms with Crippen LogP contribution in [0.25, 0.3) is 23.3 Å². The molecular formula is C27H33N5O4S. The summed E-state index contributed by atoms with van der Waals surface area (Å²) in [5.74, 6) is 0. The van der Waals surface area contributed by atoms with Gasteiger partial charge in [0.25, 0.3) is 0 Å². The molecule has 3 aromatic rings. The summed E-state index contributed by atoms with van der Waals surface area (Å²) in [6.45, 7) is 4.76. The zero-order valence-electron chi connectivity index (χ0n) is 21.6. The van der Waals surface area contributed by atoms with Crippen LogP contribution >= 0.6 is 0 Å². The molecule has 0 radical (unpaired) electrons. The summed E-state index contributed by atoms with van der Waals surface area (Å²) in [6, 6.07) is 5.32. The summed E-state index contributed by atoms with van der Waals surface area (Å²) in [4.78, 5) is 16.5. The van der Waals surface area contributed by atoms with Crippen molar-refractivity contribution in [2.24, 2.45) is 7.05 Å². The summed E-state index contributed by atoms with van der Waals surface area (Å²) < 4.78 is 37.1. The average molecular weight is 524 g/mol. The fourth-order valence-corrected chi connectivity index (χ4v) is 5.36. The van der Waals surface area contributed by atoms with Gasteiger partial charge >= 0.3 is 10.2 Å². The molecule has 196 valence electrons. The number of hydrogen-bond acceptors (Lipinski definition) is 6. The molecule has 2 aromatic heterocycles. The van der Waals surface area contributed by atoms with E-state index in [9.17, 15) is 13.2 Å². The van der Waals surface area contributed by atoms with Crippen LogP contribution in [-0.4, -0.2) is 60.1 Å². The number of aldehydes is 1. The minimum Gasteiger partial charge on any atom is -0.377 e. The highest BCUT2D eigenvalue weighted by atomic mass is 32.2. The third-order valence-electron chi connectivity index (χ3n) is 6.50. The number of aromatic nitrogens is 3. The normalized spacial score (nSPS) is 16.4. The van der Waals surface area contributed by atoms with Crippen molar-refractivity contribution >= 4 is 34.3 Å². The number of pyridine rings is 1. The first-order valence-corrected chi connectivity index (χ1v) is 13.7. The van der Waals surface area contributed by atoms with E-state index < -0.39 is 10.2 Å². The first kappa shape index (κ1) is 26.7. The molecule has 10 heteroatoms. The minimum absolute atomic E-state index is 0.106. The largest absolute Gasteiger partial charge is 0.377 e. The van der Waals surface area contributed by atoms with E-state index in [2.05, 4.69) is 14.8 Å². The van der Waals surface area contributed by atoms with Crippen LogP contribution in [0.1, 0.15) is 52.0 Å². The van der Waals surface area contributed by atoms with Gasteiger partial charge in [-0.2, -0.15) is 17.8 Å². The van der Waals surface area contributed by atoms with Crippen molar-refractivity contribution in [2.75, 3.05) is 24.9 Å². The van der Waals surface area contributed by atoms with E-state index >= 15 is 0 Å². The number of rotatable bonds is 9. The number of benzene rings is 1. The second-order valence-electron chi connectivity index (χ2n) is 9.45. The van der Waals surface area contributed by atoms with Gasteiger partial charge in [0.15, 0.2) is 6.29 Å². The number of ether oxygens (including phenoxy) is 1. The third kappa shape index (κ3) is 6.51. The lowest BCUT2D eigenvalue weighted by atomic mass is 10.00. The standard InChI is InChI=1S/C27H33N5O4S/c1-19-12-24(30-37(34,35)32(4)17-25-7-5-6-10-36-25)13-22(18-33)26(19)8-9-27-20(2)11-21(14-28-27)23-15-29-31(3)16-23/h8-9,11-16,18,25,30H,5-7,10,17H2,1-4H3/b9-8-. The molecule has 9 nitrogen and oxygen atoms in total. The summed E-state index contributed by atoms with van der Waals surface area (Å²) in [5, 5.41) is 4.21. The van der Waals surface area contributed by atoms with E-state index in [-0.39, 0.29) is 12.6 Å². The van der Waals surface area contributed by atoms with Gasteiger partial charge in [-0.05, 0) is 74.1 Å². The average Bonchev–Trinajstić information content (AvgIpc) is 3.30. The van der Waals surface area contributed by atoms with Crippen molar-refractivity contribution < 1.29 is 17.9 Å². The maximum Gasteiger partial charge on any atom is 0.301 e. The van der Waals surface area contributed by atoms with Crippen molar-refractivity contribution in [3.63, 3.8) is 0 Å². The highest BCUT2D eigenvalue weighted by Crippen LogP contribution is 2.25. The van der Waals surface area contributed by atoms with E-state index in [1.807, 2.05) is 45.3 Å². The Kier molecular flexibility index (Phi) is 8.21. The van der Waals surface area contributed by atoms with Crippen LogP contribution in [0.15, 0.2) is 36.8 Å². The second-order valence-corrected chi connectivity index (χ2v) is 11.2. The van der Waals surface area contributed by atoms with Gasteiger partial charge in [0, 0.05) is 56.3 Å². The SMILES string of the molecule is Cc1cc(-c2cnn(C)c2)cnc1/C=C\c1c(C)cc(NS(=O)(=O)N(C)CC2CCCCO2)cc1C=O. The Bertz CT molecular complexity index is 1410. The van der Waals surface area contributed by atoms with Crippen molar-refractivity contribution in [3.05, 3.63) is 64.7 Å². The van der Waals surface area contributed by atoms with E-state index in [0.717, 1.165) is 53.5 Å². The van der Waals surface area contributed by atoms with Crippen molar-refractivity contribution in [1.82, 2.24) is 19.1 Å². The Morgan fingerprint density at radius 1 is 1.14 bits per heavy atom. The van der Waals surface area contributed by atoms with Crippen LogP contribution < -0.4 is 4.72 Å². The number of likely N-dealkylation sites (N-methyl/N-ethyl adjacent to an activating group) is 1. The van der Waals surface area contributed by atoms with E-state index in [0.29, 0.717) is 23.4 Å². The lowest BCUT2D eigenvalue weighted by Crippen LogP contribution is -2.40. The quantitative estimate of drug-likeness (QED) is 0.421. The van der Waals surface area contributed by atoms with E-state index in [4.69, 9.17) is 4.74 Å². The number of nitrogens with one attached hydrogen (secondary N) is 1. The van der Waals surface area contributed by atoms with Crippen LogP contribution in [0, 0.1) is 13.8 Å². The van der Waals surface area contributed by atoms with Crippen molar-refractivity contribution in [2.45, 2.75) is 39.2 Å². The molecule has 1 aliphatic heterocycles. The Balaban J connectivity index is 1.51. The maximum absolute atomic E-state index is 12.9. The van der Waals surface area contributed by atoms with Crippen molar-refractivity contribution in [3.8, 4) is 11.1 Å². The topological polar surface area (TPSA) is 106 Å². The van der Waals surface area contributed by atoms with Gasteiger partial charge in [-0.1, -0.05) is 6.08 Å². The molecule has 0 amide bonds. The molecule has 1 fully saturated rings. The zero-order valence-corrected chi connectivity index (χ0v) is 22.5. The summed E-state index contributed by atoms with van der Waals surface area (Å²) >= 11 is 0. The highest BCUT2D eigenvalue weighted by molar-refractivity contribution is 7.90. The van der Waals surface area contributed by atoms with Crippen LogP contribution in [0.2, 0.25) is 0 Å². The molecule has 0 bridgehead atoms. The smallest absolute Gasteiger partial charge is 0.301 e. The van der Waals surface area contributed by atoms with E-state index in [1.54, 1.807) is 29.2 Å². The molecule has 1 aliphatic rings. The highest BCUT2D eigenvalue weighted by Gasteiger charge is 2.24. The number of aryl methyl sites for hydroxylation is 3. The molecular weight excluding hydrogens is 490 g/mol. The maximum atomic E-state index is 12.9. The van der Waals surface area contributed by atoms with Crippen LogP contribution in [0.5, 0.6) is 0 Å². The predicted molar refractivity (Wildman–Crippen MR) is 145 cm³/mol. The van der Waals surface area contributed by atoms with Gasteiger partial charge in [0.2, 0.25) is 0 Å². The van der Waals surface area contributed by atoms with Crippen LogP contribution in [0.3, 0.4) is 0 Å². The number of anilines is 1. The molecule has 0 aliphatic carbocycles. The van der Waals surface area contributed by atoms with Crippen LogP contribution in [-0.2, 0) is 22.0 Å². The third-order valence-corrected chi connectivity index (χ3v) is 7.97. The monoisotopic (exact) mass is 523 g/mol.